The highest BCUT2D eigenvalue weighted by Gasteiger charge is 2.38. The summed E-state index contributed by atoms with van der Waals surface area (Å²) in [4.78, 5) is 22.7. The van der Waals surface area contributed by atoms with E-state index in [1.54, 1.807) is 5.32 Å². The molecule has 2 rings (SSSR count). The molecule has 0 atom stereocenters. The maximum Gasteiger partial charge on any atom is 0.471 e. The Labute approximate surface area is 136 Å². The lowest BCUT2D eigenvalue weighted by Gasteiger charge is -2.10. The van der Waals surface area contributed by atoms with Gasteiger partial charge in [-0.1, -0.05) is 6.07 Å². The van der Waals surface area contributed by atoms with E-state index in [0.717, 1.165) is 12.1 Å². The maximum absolute atomic E-state index is 13.5. The number of halogens is 6. The number of nitrogens with one attached hydrogen (secondary N) is 2. The zero-order valence-corrected chi connectivity index (χ0v) is 12.0. The normalized spacial score (nSPS) is 11.1. The fourth-order valence-electron chi connectivity index (χ4n) is 1.78. The lowest BCUT2D eigenvalue weighted by Crippen LogP contribution is -2.29. The highest BCUT2D eigenvalue weighted by Crippen LogP contribution is 2.22. The number of alkyl halides is 3. The minimum Gasteiger partial charge on any atom is -0.322 e. The molecule has 0 fully saturated rings. The molecule has 25 heavy (non-hydrogen) atoms. The lowest BCUT2D eigenvalue weighted by molar-refractivity contribution is -0.167. The van der Waals surface area contributed by atoms with E-state index in [2.05, 4.69) is 5.32 Å². The number of anilines is 2. The lowest BCUT2D eigenvalue weighted by atomic mass is 10.1. The fraction of sp³-hybridized carbons (Fsp3) is 0.0667. The van der Waals surface area contributed by atoms with Gasteiger partial charge in [0.25, 0.3) is 5.91 Å². The van der Waals surface area contributed by atoms with Crippen molar-refractivity contribution in [2.45, 2.75) is 6.18 Å². The molecule has 10 heteroatoms. The zero-order chi connectivity index (χ0) is 18.8. The van der Waals surface area contributed by atoms with Gasteiger partial charge in [0, 0.05) is 11.4 Å². The molecule has 0 spiro atoms. The van der Waals surface area contributed by atoms with Gasteiger partial charge in [0.1, 0.15) is 0 Å². The number of hydrogen-bond acceptors (Lipinski definition) is 2. The summed E-state index contributed by atoms with van der Waals surface area (Å²) in [5.41, 5.74) is -1.19. The molecule has 0 radical (unpaired) electrons. The second kappa shape index (κ2) is 6.83. The Balaban J connectivity index is 2.18. The Bertz CT molecular complexity index is 835. The van der Waals surface area contributed by atoms with Crippen molar-refractivity contribution in [2.24, 2.45) is 0 Å². The van der Waals surface area contributed by atoms with E-state index >= 15 is 0 Å². The summed E-state index contributed by atoms with van der Waals surface area (Å²) in [5.74, 6) is -8.40. The molecular formula is C15H8F6N2O2. The zero-order valence-electron chi connectivity index (χ0n) is 12.0. The van der Waals surface area contributed by atoms with Crippen LogP contribution in [0.25, 0.3) is 0 Å². The first-order valence-electron chi connectivity index (χ1n) is 6.52. The van der Waals surface area contributed by atoms with Crippen LogP contribution in [0.3, 0.4) is 0 Å². The van der Waals surface area contributed by atoms with E-state index < -0.39 is 41.0 Å². The van der Waals surface area contributed by atoms with Crippen molar-refractivity contribution in [1.82, 2.24) is 0 Å². The van der Waals surface area contributed by atoms with Gasteiger partial charge in [-0.15, -0.1) is 0 Å². The molecular weight excluding hydrogens is 354 g/mol. The monoisotopic (exact) mass is 362 g/mol. The standard InChI is InChI=1S/C15H8F6N2O2/c16-10-5-4-9(11(17)12(10)18)13(24)22-7-2-1-3-8(6-7)23-14(25)15(19,20)21/h1-6H,(H,22,24)(H,23,25). The van der Waals surface area contributed by atoms with Crippen LogP contribution in [-0.4, -0.2) is 18.0 Å². The molecule has 2 amide bonds. The molecule has 0 aliphatic rings. The first kappa shape index (κ1) is 18.3. The van der Waals surface area contributed by atoms with Crippen molar-refractivity contribution < 1.29 is 35.9 Å². The summed E-state index contributed by atoms with van der Waals surface area (Å²) < 4.78 is 76.1. The Kier molecular flexibility index (Phi) is 5.00. The van der Waals surface area contributed by atoms with E-state index in [9.17, 15) is 35.9 Å². The third-order valence-electron chi connectivity index (χ3n) is 2.92. The van der Waals surface area contributed by atoms with Crippen molar-refractivity contribution in [3.05, 3.63) is 59.4 Å². The molecule has 132 valence electrons. The molecule has 4 nitrogen and oxygen atoms in total. The van der Waals surface area contributed by atoms with Crippen LogP contribution >= 0.6 is 0 Å². The molecule has 0 bridgehead atoms. The van der Waals surface area contributed by atoms with E-state index in [1.165, 1.54) is 12.1 Å². The third-order valence-corrected chi connectivity index (χ3v) is 2.92. The molecule has 2 N–H and O–H groups in total. The molecule has 0 aliphatic carbocycles. The van der Waals surface area contributed by atoms with Gasteiger partial charge in [0.05, 0.1) is 5.56 Å². The Morgan fingerprint density at radius 2 is 1.44 bits per heavy atom. The first-order valence-corrected chi connectivity index (χ1v) is 6.52. The fourth-order valence-corrected chi connectivity index (χ4v) is 1.78. The SMILES string of the molecule is O=C(Nc1cccc(NC(=O)C(F)(F)F)c1)c1ccc(F)c(F)c1F. The molecule has 2 aromatic carbocycles. The van der Waals surface area contributed by atoms with Crippen molar-refractivity contribution in [3.8, 4) is 0 Å². The summed E-state index contributed by atoms with van der Waals surface area (Å²) in [6, 6.07) is 5.80. The van der Waals surface area contributed by atoms with Crippen molar-refractivity contribution in [3.63, 3.8) is 0 Å². The summed E-state index contributed by atoms with van der Waals surface area (Å²) in [6.07, 6.45) is -5.10. The molecule has 0 saturated heterocycles. The Hall–Kier alpha value is -3.04. The number of carbonyl (C=O) groups is 2. The highest BCUT2D eigenvalue weighted by atomic mass is 19.4. The molecule has 0 aliphatic heterocycles. The number of benzene rings is 2. The van der Waals surface area contributed by atoms with Gasteiger partial charge in [0.2, 0.25) is 0 Å². The number of rotatable bonds is 3. The number of hydrogen-bond donors (Lipinski definition) is 2. The summed E-state index contributed by atoms with van der Waals surface area (Å²) in [7, 11) is 0. The number of carbonyl (C=O) groups excluding carboxylic acids is 2. The average molecular weight is 362 g/mol. The third kappa shape index (κ3) is 4.28. The van der Waals surface area contributed by atoms with E-state index in [-0.39, 0.29) is 11.4 Å². The minimum absolute atomic E-state index is 0.103. The van der Waals surface area contributed by atoms with Gasteiger partial charge in [-0.3, -0.25) is 9.59 Å². The van der Waals surface area contributed by atoms with Crippen LogP contribution in [0.15, 0.2) is 36.4 Å². The van der Waals surface area contributed by atoms with Gasteiger partial charge in [-0.2, -0.15) is 13.2 Å². The molecule has 0 saturated carbocycles. The van der Waals surface area contributed by atoms with Crippen LogP contribution in [0.5, 0.6) is 0 Å². The van der Waals surface area contributed by atoms with Crippen molar-refractivity contribution in [1.29, 1.82) is 0 Å². The average Bonchev–Trinajstić information content (AvgIpc) is 2.52. The topological polar surface area (TPSA) is 58.2 Å². The van der Waals surface area contributed by atoms with Gasteiger partial charge < -0.3 is 10.6 Å². The van der Waals surface area contributed by atoms with E-state index in [1.807, 2.05) is 0 Å². The first-order chi connectivity index (χ1) is 11.6. The van der Waals surface area contributed by atoms with E-state index in [0.29, 0.717) is 12.1 Å². The second-order valence-corrected chi connectivity index (χ2v) is 4.71. The minimum atomic E-state index is -5.10. The van der Waals surface area contributed by atoms with Crippen molar-refractivity contribution in [2.75, 3.05) is 10.6 Å². The quantitative estimate of drug-likeness (QED) is 0.644. The maximum atomic E-state index is 13.5. The van der Waals surface area contributed by atoms with Crippen LogP contribution < -0.4 is 10.6 Å². The summed E-state index contributed by atoms with van der Waals surface area (Å²) in [6.45, 7) is 0. The van der Waals surface area contributed by atoms with Crippen molar-refractivity contribution >= 4 is 23.2 Å². The summed E-state index contributed by atoms with van der Waals surface area (Å²) in [5, 5.41) is 3.66. The largest absolute Gasteiger partial charge is 0.471 e. The van der Waals surface area contributed by atoms with Gasteiger partial charge in [-0.25, -0.2) is 13.2 Å². The van der Waals surface area contributed by atoms with Crippen LogP contribution in [-0.2, 0) is 4.79 Å². The smallest absolute Gasteiger partial charge is 0.322 e. The predicted molar refractivity (Wildman–Crippen MR) is 75.4 cm³/mol. The predicted octanol–water partition coefficient (Wildman–Crippen LogP) is 3.86. The van der Waals surface area contributed by atoms with Crippen LogP contribution in [0, 0.1) is 17.5 Å². The molecule has 0 aromatic heterocycles. The Morgan fingerprint density at radius 3 is 2.04 bits per heavy atom. The highest BCUT2D eigenvalue weighted by molar-refractivity contribution is 6.05. The van der Waals surface area contributed by atoms with Gasteiger partial charge >= 0.3 is 12.1 Å². The van der Waals surface area contributed by atoms with Crippen LogP contribution in [0.4, 0.5) is 37.7 Å². The second-order valence-electron chi connectivity index (χ2n) is 4.71. The Morgan fingerprint density at radius 1 is 0.840 bits per heavy atom. The van der Waals surface area contributed by atoms with Gasteiger partial charge in [-0.05, 0) is 30.3 Å². The van der Waals surface area contributed by atoms with E-state index in [4.69, 9.17) is 0 Å². The molecule has 0 heterocycles. The van der Waals surface area contributed by atoms with Gasteiger partial charge in [0.15, 0.2) is 17.5 Å². The molecule has 2 aromatic rings. The summed E-state index contributed by atoms with van der Waals surface area (Å²) >= 11 is 0. The molecule has 0 unspecified atom stereocenters. The van der Waals surface area contributed by atoms with Crippen LogP contribution in [0.1, 0.15) is 10.4 Å². The van der Waals surface area contributed by atoms with Crippen LogP contribution in [0.2, 0.25) is 0 Å². The number of amides is 2.